The molecule has 1 rings (SSSR count). The van der Waals surface area contributed by atoms with Crippen molar-refractivity contribution in [3.63, 3.8) is 0 Å². The number of halogens is 1. The van der Waals surface area contributed by atoms with E-state index in [9.17, 15) is 14.7 Å². The van der Waals surface area contributed by atoms with Crippen molar-refractivity contribution >= 4 is 29.6 Å². The van der Waals surface area contributed by atoms with Gasteiger partial charge in [-0.05, 0) is 30.2 Å². The third-order valence-electron chi connectivity index (χ3n) is 2.57. The van der Waals surface area contributed by atoms with Crippen LogP contribution in [0.3, 0.4) is 0 Å². The van der Waals surface area contributed by atoms with Crippen molar-refractivity contribution in [3.8, 4) is 0 Å². The number of hydrogen-bond acceptors (Lipinski definition) is 4. The zero-order valence-electron chi connectivity index (χ0n) is 11.2. The maximum absolute atomic E-state index is 11.5. The van der Waals surface area contributed by atoms with Gasteiger partial charge in [-0.15, -0.1) is 0 Å². The van der Waals surface area contributed by atoms with E-state index in [4.69, 9.17) is 11.6 Å². The largest absolute Gasteiger partial charge is 0.467 e. The smallest absolute Gasteiger partial charge is 0.336 e. The number of hydrogen-bond donors (Lipinski definition) is 2. The second-order valence-electron chi connectivity index (χ2n) is 4.13. The van der Waals surface area contributed by atoms with Gasteiger partial charge in [-0.1, -0.05) is 23.7 Å². The van der Waals surface area contributed by atoms with E-state index in [0.29, 0.717) is 5.02 Å². The van der Waals surface area contributed by atoms with Crippen LogP contribution in [-0.4, -0.2) is 36.7 Å². The number of amides is 1. The molecule has 0 saturated heterocycles. The SMILES string of the molecule is COC(=O)C(O)CNC(=O)/C=C/c1ccc(C)c(Cl)c1. The van der Waals surface area contributed by atoms with Crippen molar-refractivity contribution < 1.29 is 19.4 Å². The van der Waals surface area contributed by atoms with E-state index in [2.05, 4.69) is 10.1 Å². The Kier molecular flexibility index (Phi) is 6.21. The summed E-state index contributed by atoms with van der Waals surface area (Å²) >= 11 is 5.96. The molecular formula is C14H16ClNO4. The van der Waals surface area contributed by atoms with Gasteiger partial charge in [-0.3, -0.25) is 4.79 Å². The molecule has 0 heterocycles. The first kappa shape index (κ1) is 16.2. The number of carbonyl (C=O) groups excluding carboxylic acids is 2. The maximum Gasteiger partial charge on any atom is 0.336 e. The standard InChI is InChI=1S/C14H16ClNO4/c1-9-3-4-10(7-11(9)15)5-6-13(18)16-8-12(17)14(19)20-2/h3-7,12,17H,8H2,1-2H3,(H,16,18)/b6-5+. The van der Waals surface area contributed by atoms with Crippen LogP contribution in [0.25, 0.3) is 6.08 Å². The molecule has 0 aromatic heterocycles. The van der Waals surface area contributed by atoms with Crippen LogP contribution in [0.4, 0.5) is 0 Å². The summed E-state index contributed by atoms with van der Waals surface area (Å²) in [6.07, 6.45) is 1.52. The molecule has 1 amide bonds. The Morgan fingerprint density at radius 3 is 2.80 bits per heavy atom. The first-order valence-electron chi connectivity index (χ1n) is 5.92. The minimum absolute atomic E-state index is 0.204. The Labute approximate surface area is 122 Å². The molecule has 1 aromatic rings. The Hall–Kier alpha value is -1.85. The Balaban J connectivity index is 2.51. The summed E-state index contributed by atoms with van der Waals surface area (Å²) in [6, 6.07) is 5.42. The molecule has 108 valence electrons. The Bertz CT molecular complexity index is 528. The molecule has 0 radical (unpaired) electrons. The lowest BCUT2D eigenvalue weighted by Crippen LogP contribution is -2.36. The van der Waals surface area contributed by atoms with Crippen LogP contribution in [0, 0.1) is 6.92 Å². The Morgan fingerprint density at radius 1 is 1.50 bits per heavy atom. The first-order chi connectivity index (χ1) is 9.43. The van der Waals surface area contributed by atoms with E-state index in [1.54, 1.807) is 12.1 Å². The second-order valence-corrected chi connectivity index (χ2v) is 4.53. The highest BCUT2D eigenvalue weighted by Gasteiger charge is 2.15. The molecule has 0 fully saturated rings. The highest BCUT2D eigenvalue weighted by atomic mass is 35.5. The summed E-state index contributed by atoms with van der Waals surface area (Å²) in [6.45, 7) is 1.68. The molecule has 1 unspecified atom stereocenters. The number of carbonyl (C=O) groups is 2. The fraction of sp³-hybridized carbons (Fsp3) is 0.286. The predicted octanol–water partition coefficient (Wildman–Crippen LogP) is 1.31. The van der Waals surface area contributed by atoms with E-state index in [1.165, 1.54) is 6.08 Å². The molecular weight excluding hydrogens is 282 g/mol. The lowest BCUT2D eigenvalue weighted by Gasteiger charge is -2.08. The third-order valence-corrected chi connectivity index (χ3v) is 2.97. The number of methoxy groups -OCH3 is 1. The van der Waals surface area contributed by atoms with Crippen LogP contribution < -0.4 is 5.32 Å². The van der Waals surface area contributed by atoms with E-state index in [1.807, 2.05) is 19.1 Å². The van der Waals surface area contributed by atoms with Gasteiger partial charge in [0.25, 0.3) is 0 Å². The summed E-state index contributed by atoms with van der Waals surface area (Å²) in [4.78, 5) is 22.4. The highest BCUT2D eigenvalue weighted by molar-refractivity contribution is 6.31. The van der Waals surface area contributed by atoms with Crippen molar-refractivity contribution in [2.24, 2.45) is 0 Å². The third kappa shape index (κ3) is 5.03. The average Bonchev–Trinajstić information content (AvgIpc) is 2.45. The fourth-order valence-electron chi connectivity index (χ4n) is 1.36. The minimum Gasteiger partial charge on any atom is -0.467 e. The highest BCUT2D eigenvalue weighted by Crippen LogP contribution is 2.17. The molecule has 0 saturated carbocycles. The van der Waals surface area contributed by atoms with E-state index in [-0.39, 0.29) is 6.54 Å². The van der Waals surface area contributed by atoms with E-state index in [0.717, 1.165) is 18.2 Å². The van der Waals surface area contributed by atoms with Gasteiger partial charge in [0.15, 0.2) is 6.10 Å². The zero-order valence-corrected chi connectivity index (χ0v) is 12.0. The molecule has 0 bridgehead atoms. The van der Waals surface area contributed by atoms with Crippen molar-refractivity contribution in [2.75, 3.05) is 13.7 Å². The minimum atomic E-state index is -1.37. The van der Waals surface area contributed by atoms with Crippen molar-refractivity contribution in [2.45, 2.75) is 13.0 Å². The number of rotatable bonds is 5. The number of aryl methyl sites for hydroxylation is 1. The lowest BCUT2D eigenvalue weighted by molar-refractivity contribution is -0.150. The van der Waals surface area contributed by atoms with Crippen molar-refractivity contribution in [1.82, 2.24) is 5.32 Å². The van der Waals surface area contributed by atoms with Gasteiger partial charge < -0.3 is 15.2 Å². The monoisotopic (exact) mass is 297 g/mol. The first-order valence-corrected chi connectivity index (χ1v) is 6.29. The average molecular weight is 298 g/mol. The zero-order chi connectivity index (χ0) is 15.1. The number of aliphatic hydroxyl groups excluding tert-OH is 1. The molecule has 1 aromatic carbocycles. The maximum atomic E-state index is 11.5. The number of aliphatic hydroxyl groups is 1. The van der Waals surface area contributed by atoms with Gasteiger partial charge in [0.1, 0.15) is 0 Å². The summed E-state index contributed by atoms with van der Waals surface area (Å²) in [5.41, 5.74) is 1.73. The topological polar surface area (TPSA) is 75.6 Å². The van der Waals surface area contributed by atoms with Crippen LogP contribution >= 0.6 is 11.6 Å². The normalized spacial score (nSPS) is 12.2. The molecule has 20 heavy (non-hydrogen) atoms. The van der Waals surface area contributed by atoms with Crippen molar-refractivity contribution in [1.29, 1.82) is 0 Å². The number of nitrogens with one attached hydrogen (secondary N) is 1. The van der Waals surface area contributed by atoms with Gasteiger partial charge >= 0.3 is 5.97 Å². The van der Waals surface area contributed by atoms with Crippen LogP contribution in [0.1, 0.15) is 11.1 Å². The Morgan fingerprint density at radius 2 is 2.20 bits per heavy atom. The molecule has 0 aliphatic heterocycles. The van der Waals surface area contributed by atoms with Crippen LogP contribution in [-0.2, 0) is 14.3 Å². The summed E-state index contributed by atoms with van der Waals surface area (Å²) in [7, 11) is 1.16. The molecule has 1 atom stereocenters. The van der Waals surface area contributed by atoms with Crippen molar-refractivity contribution in [3.05, 3.63) is 40.4 Å². The number of ether oxygens (including phenoxy) is 1. The van der Waals surface area contributed by atoms with Crippen LogP contribution in [0.5, 0.6) is 0 Å². The molecule has 5 nitrogen and oxygen atoms in total. The lowest BCUT2D eigenvalue weighted by atomic mass is 10.1. The molecule has 2 N–H and O–H groups in total. The summed E-state index contributed by atoms with van der Waals surface area (Å²) < 4.78 is 4.33. The van der Waals surface area contributed by atoms with E-state index < -0.39 is 18.0 Å². The van der Waals surface area contributed by atoms with Gasteiger partial charge in [0.2, 0.25) is 5.91 Å². The fourth-order valence-corrected chi connectivity index (χ4v) is 1.55. The molecule has 0 aliphatic carbocycles. The number of esters is 1. The van der Waals surface area contributed by atoms with Gasteiger partial charge in [0, 0.05) is 11.1 Å². The summed E-state index contributed by atoms with van der Waals surface area (Å²) in [5.74, 6) is -1.22. The van der Waals surface area contributed by atoms with Crippen LogP contribution in [0.2, 0.25) is 5.02 Å². The second kappa shape index (κ2) is 7.67. The molecule has 0 aliphatic rings. The molecule has 0 spiro atoms. The predicted molar refractivity (Wildman–Crippen MR) is 76.3 cm³/mol. The van der Waals surface area contributed by atoms with Gasteiger partial charge in [0.05, 0.1) is 13.7 Å². The number of benzene rings is 1. The van der Waals surface area contributed by atoms with Gasteiger partial charge in [-0.25, -0.2) is 4.79 Å². The van der Waals surface area contributed by atoms with Gasteiger partial charge in [-0.2, -0.15) is 0 Å². The quantitative estimate of drug-likeness (QED) is 0.635. The van der Waals surface area contributed by atoms with Crippen LogP contribution in [0.15, 0.2) is 24.3 Å². The molecule has 6 heteroatoms. The summed E-state index contributed by atoms with van der Waals surface area (Å²) in [5, 5.41) is 12.3. The van der Waals surface area contributed by atoms with E-state index >= 15 is 0 Å².